The fraction of sp³-hybridized carbons (Fsp3) is 0.375. The van der Waals surface area contributed by atoms with Gasteiger partial charge in [0.15, 0.2) is 5.78 Å². The first-order valence-corrected chi connectivity index (χ1v) is 7.77. The molecule has 21 heavy (non-hydrogen) atoms. The van der Waals surface area contributed by atoms with Gasteiger partial charge in [0.05, 0.1) is 24.8 Å². The lowest BCUT2D eigenvalue weighted by molar-refractivity contribution is -0.137. The van der Waals surface area contributed by atoms with Crippen LogP contribution in [0.3, 0.4) is 0 Å². The number of ketones is 1. The van der Waals surface area contributed by atoms with E-state index in [1.54, 1.807) is 11.8 Å². The predicted octanol–water partition coefficient (Wildman–Crippen LogP) is 1.90. The number of thioether (sulfide) groups is 1. The van der Waals surface area contributed by atoms with Crippen LogP contribution < -0.4 is 0 Å². The highest BCUT2D eigenvalue weighted by molar-refractivity contribution is 8.00. The summed E-state index contributed by atoms with van der Waals surface area (Å²) in [5.41, 5.74) is 0.479. The standard InChI is InChI=1S/C16H17NO3S/c1-17-12-9-14(21-10-6-4-3-5-7-10)15(17)11(8-13(12)18)16(19)20-2/h3-8,12,14-15H,9H2,1-2H3. The quantitative estimate of drug-likeness (QED) is 0.798. The van der Waals surface area contributed by atoms with Gasteiger partial charge in [-0.1, -0.05) is 18.2 Å². The number of ether oxygens (including phenoxy) is 1. The number of hydrogen-bond donors (Lipinski definition) is 0. The smallest absolute Gasteiger partial charge is 0.335 e. The lowest BCUT2D eigenvalue weighted by atomic mass is 10.0. The molecule has 0 N–H and O–H groups in total. The summed E-state index contributed by atoms with van der Waals surface area (Å²) < 4.78 is 4.84. The Hall–Kier alpha value is -1.59. The zero-order valence-corrected chi connectivity index (χ0v) is 12.8. The number of esters is 1. The van der Waals surface area contributed by atoms with Crippen molar-refractivity contribution < 1.29 is 14.3 Å². The first-order chi connectivity index (χ1) is 10.1. The van der Waals surface area contributed by atoms with E-state index in [1.165, 1.54) is 13.2 Å². The molecule has 2 heterocycles. The van der Waals surface area contributed by atoms with Crippen LogP contribution in [-0.4, -0.2) is 48.1 Å². The van der Waals surface area contributed by atoms with Gasteiger partial charge in [-0.15, -0.1) is 11.8 Å². The summed E-state index contributed by atoms with van der Waals surface area (Å²) in [5, 5.41) is 0.180. The average Bonchev–Trinajstić information content (AvgIpc) is 2.72. The Morgan fingerprint density at radius 3 is 2.71 bits per heavy atom. The summed E-state index contributed by atoms with van der Waals surface area (Å²) in [7, 11) is 3.27. The Labute approximate surface area is 128 Å². The number of fused-ring (bicyclic) bond motifs is 2. The third kappa shape index (κ3) is 2.51. The third-order valence-corrected chi connectivity index (χ3v) is 5.43. The Kier molecular flexibility index (Phi) is 3.87. The first-order valence-electron chi connectivity index (χ1n) is 6.89. The number of rotatable bonds is 3. The zero-order chi connectivity index (χ0) is 15.0. The maximum absolute atomic E-state index is 12.2. The van der Waals surface area contributed by atoms with Gasteiger partial charge in [0.25, 0.3) is 0 Å². The van der Waals surface area contributed by atoms with Gasteiger partial charge in [-0.25, -0.2) is 4.79 Å². The molecule has 1 saturated heterocycles. The Balaban J connectivity index is 1.89. The molecule has 2 bridgehead atoms. The molecule has 0 aromatic heterocycles. The number of nitrogens with zero attached hydrogens (tertiary/aromatic N) is 1. The molecular weight excluding hydrogens is 286 g/mol. The van der Waals surface area contributed by atoms with Crippen LogP contribution in [0.1, 0.15) is 6.42 Å². The average molecular weight is 303 g/mol. The van der Waals surface area contributed by atoms with Crippen molar-refractivity contribution in [2.75, 3.05) is 14.2 Å². The number of hydrogen-bond acceptors (Lipinski definition) is 5. The number of carbonyl (C=O) groups is 2. The zero-order valence-electron chi connectivity index (χ0n) is 12.0. The summed E-state index contributed by atoms with van der Waals surface area (Å²) in [6.45, 7) is 0. The van der Waals surface area contributed by atoms with Gasteiger partial charge in [-0.3, -0.25) is 9.69 Å². The summed E-state index contributed by atoms with van der Waals surface area (Å²) in [5.74, 6) is -0.399. The van der Waals surface area contributed by atoms with Crippen LogP contribution in [0.5, 0.6) is 0 Å². The molecule has 0 aliphatic carbocycles. The predicted molar refractivity (Wildman–Crippen MR) is 81.1 cm³/mol. The molecule has 1 aromatic carbocycles. The minimum Gasteiger partial charge on any atom is -0.466 e. The maximum Gasteiger partial charge on any atom is 0.335 e. The Morgan fingerprint density at radius 2 is 2.05 bits per heavy atom. The number of benzene rings is 1. The van der Waals surface area contributed by atoms with Crippen LogP contribution in [0.4, 0.5) is 0 Å². The summed E-state index contributed by atoms with van der Waals surface area (Å²) in [4.78, 5) is 27.3. The lowest BCUT2D eigenvalue weighted by Gasteiger charge is -2.31. The van der Waals surface area contributed by atoms with Gasteiger partial charge >= 0.3 is 5.97 Å². The van der Waals surface area contributed by atoms with Crippen molar-refractivity contribution in [3.05, 3.63) is 42.0 Å². The topological polar surface area (TPSA) is 46.6 Å². The molecule has 1 aromatic rings. The van der Waals surface area contributed by atoms with E-state index in [0.29, 0.717) is 5.57 Å². The van der Waals surface area contributed by atoms with Gasteiger partial charge in [-0.2, -0.15) is 0 Å². The van der Waals surface area contributed by atoms with Crippen LogP contribution in [0.2, 0.25) is 0 Å². The van der Waals surface area contributed by atoms with E-state index < -0.39 is 5.97 Å². The van der Waals surface area contributed by atoms with E-state index in [1.807, 2.05) is 30.1 Å². The molecule has 4 nitrogen and oxygen atoms in total. The molecule has 110 valence electrons. The molecular formula is C16H17NO3S. The maximum atomic E-state index is 12.2. The second-order valence-electron chi connectivity index (χ2n) is 5.32. The Bertz CT molecular complexity index is 599. The molecule has 3 rings (SSSR count). The van der Waals surface area contributed by atoms with Gasteiger partial charge in [0.1, 0.15) is 0 Å². The van der Waals surface area contributed by atoms with Crippen molar-refractivity contribution in [1.82, 2.24) is 4.90 Å². The highest BCUT2D eigenvalue weighted by Crippen LogP contribution is 2.42. The minimum atomic E-state index is -0.404. The fourth-order valence-electron chi connectivity index (χ4n) is 3.13. The summed E-state index contributed by atoms with van der Waals surface area (Å²) in [6, 6.07) is 9.89. The molecule has 0 spiro atoms. The largest absolute Gasteiger partial charge is 0.466 e. The van der Waals surface area contributed by atoms with Gasteiger partial charge in [0, 0.05) is 10.1 Å². The SMILES string of the molecule is COC(=O)C1=CC(=O)C2CC(Sc3ccccc3)C1N2C. The van der Waals surface area contributed by atoms with E-state index in [4.69, 9.17) is 4.74 Å². The number of carbonyl (C=O) groups excluding carboxylic acids is 2. The van der Waals surface area contributed by atoms with Crippen molar-refractivity contribution in [3.8, 4) is 0 Å². The summed E-state index contributed by atoms with van der Waals surface area (Å²) >= 11 is 1.72. The van der Waals surface area contributed by atoms with Crippen molar-refractivity contribution in [3.63, 3.8) is 0 Å². The fourth-order valence-corrected chi connectivity index (χ4v) is 4.54. The monoisotopic (exact) mass is 303 g/mol. The van der Waals surface area contributed by atoms with Crippen molar-refractivity contribution >= 4 is 23.5 Å². The first kappa shape index (κ1) is 14.4. The number of likely N-dealkylation sites (N-methyl/N-ethyl adjacent to an activating group) is 1. The minimum absolute atomic E-state index is 0.00492. The molecule has 2 aliphatic heterocycles. The second-order valence-corrected chi connectivity index (χ2v) is 6.64. The number of methoxy groups -OCH3 is 1. The molecule has 2 aliphatic rings. The highest BCUT2D eigenvalue weighted by Gasteiger charge is 2.49. The van der Waals surface area contributed by atoms with Crippen LogP contribution in [0, 0.1) is 0 Å². The van der Waals surface area contributed by atoms with Gasteiger partial charge in [-0.05, 0) is 31.7 Å². The lowest BCUT2D eigenvalue weighted by Crippen LogP contribution is -2.45. The molecule has 0 radical (unpaired) electrons. The molecule has 3 atom stereocenters. The van der Waals surface area contributed by atoms with Crippen molar-refractivity contribution in [2.45, 2.75) is 28.6 Å². The Morgan fingerprint density at radius 1 is 1.33 bits per heavy atom. The molecule has 0 saturated carbocycles. The normalized spacial score (nSPS) is 28.4. The highest BCUT2D eigenvalue weighted by atomic mass is 32.2. The van der Waals surface area contributed by atoms with Crippen LogP contribution in [0.25, 0.3) is 0 Å². The molecule has 1 fully saturated rings. The van der Waals surface area contributed by atoms with Gasteiger partial charge < -0.3 is 4.74 Å². The van der Waals surface area contributed by atoms with E-state index in [2.05, 4.69) is 12.1 Å². The van der Waals surface area contributed by atoms with Crippen LogP contribution in [0.15, 0.2) is 46.9 Å². The van der Waals surface area contributed by atoms with Crippen LogP contribution in [-0.2, 0) is 14.3 Å². The van der Waals surface area contributed by atoms with E-state index >= 15 is 0 Å². The van der Waals surface area contributed by atoms with Crippen LogP contribution >= 0.6 is 11.8 Å². The van der Waals surface area contributed by atoms with E-state index in [0.717, 1.165) is 11.3 Å². The molecule has 5 heteroatoms. The molecule has 3 unspecified atom stereocenters. The van der Waals surface area contributed by atoms with Crippen molar-refractivity contribution in [1.29, 1.82) is 0 Å². The van der Waals surface area contributed by atoms with Gasteiger partial charge in [0.2, 0.25) is 0 Å². The third-order valence-electron chi connectivity index (χ3n) is 4.13. The van der Waals surface area contributed by atoms with E-state index in [9.17, 15) is 9.59 Å². The second kappa shape index (κ2) is 5.66. The summed E-state index contributed by atoms with van der Waals surface area (Å²) in [6.07, 6.45) is 2.24. The van der Waals surface area contributed by atoms with Crippen molar-refractivity contribution in [2.24, 2.45) is 0 Å². The molecule has 0 amide bonds. The van der Waals surface area contributed by atoms with E-state index in [-0.39, 0.29) is 23.1 Å².